The molecule has 15 heavy (non-hydrogen) atoms. The van der Waals surface area contributed by atoms with Crippen molar-refractivity contribution in [2.24, 2.45) is 0 Å². The average molecular weight is 248 g/mol. The minimum atomic E-state index is -0.673. The van der Waals surface area contributed by atoms with Gasteiger partial charge in [0.2, 0.25) is 0 Å². The van der Waals surface area contributed by atoms with Gasteiger partial charge in [0, 0.05) is 28.2 Å². The minimum absolute atomic E-state index is 0.320. The van der Waals surface area contributed by atoms with Crippen molar-refractivity contribution in [2.45, 2.75) is 26.0 Å². The molecule has 0 heterocycles. The van der Waals surface area contributed by atoms with Crippen LogP contribution >= 0.6 is 23.2 Å². The van der Waals surface area contributed by atoms with Gasteiger partial charge < -0.3 is 10.4 Å². The number of halogens is 2. The van der Waals surface area contributed by atoms with Crippen molar-refractivity contribution < 1.29 is 5.11 Å². The van der Waals surface area contributed by atoms with Gasteiger partial charge in [-0.05, 0) is 12.1 Å². The van der Waals surface area contributed by atoms with E-state index in [0.29, 0.717) is 28.2 Å². The average Bonchev–Trinajstić information content (AvgIpc) is 2.14. The second-order valence-corrected chi connectivity index (χ2v) is 4.53. The third-order valence-electron chi connectivity index (χ3n) is 2.05. The van der Waals surface area contributed by atoms with Crippen LogP contribution in [0.15, 0.2) is 18.2 Å². The molecule has 0 saturated carbocycles. The SMILES string of the molecule is CC(C)NCC(O)c1c(Cl)cccc1Cl. The third kappa shape index (κ3) is 3.65. The van der Waals surface area contributed by atoms with Crippen molar-refractivity contribution in [3.63, 3.8) is 0 Å². The Morgan fingerprint density at radius 3 is 2.27 bits per heavy atom. The van der Waals surface area contributed by atoms with Gasteiger partial charge >= 0.3 is 0 Å². The summed E-state index contributed by atoms with van der Waals surface area (Å²) in [5.41, 5.74) is 0.592. The van der Waals surface area contributed by atoms with Gasteiger partial charge in [-0.2, -0.15) is 0 Å². The topological polar surface area (TPSA) is 32.3 Å². The molecule has 0 aromatic heterocycles. The van der Waals surface area contributed by atoms with E-state index in [4.69, 9.17) is 23.2 Å². The smallest absolute Gasteiger partial charge is 0.0943 e. The fourth-order valence-electron chi connectivity index (χ4n) is 1.28. The van der Waals surface area contributed by atoms with E-state index in [9.17, 15) is 5.11 Å². The maximum absolute atomic E-state index is 9.90. The van der Waals surface area contributed by atoms with E-state index in [-0.39, 0.29) is 0 Å². The fraction of sp³-hybridized carbons (Fsp3) is 0.455. The Morgan fingerprint density at radius 2 is 1.80 bits per heavy atom. The maximum atomic E-state index is 9.90. The molecule has 1 unspecified atom stereocenters. The molecule has 0 aliphatic carbocycles. The highest BCUT2D eigenvalue weighted by Gasteiger charge is 2.15. The summed E-state index contributed by atoms with van der Waals surface area (Å²) in [7, 11) is 0. The molecule has 1 rings (SSSR count). The number of nitrogens with one attached hydrogen (secondary N) is 1. The van der Waals surface area contributed by atoms with Crippen LogP contribution in [-0.2, 0) is 0 Å². The number of hydrogen-bond donors (Lipinski definition) is 2. The van der Waals surface area contributed by atoms with Gasteiger partial charge in [0.1, 0.15) is 0 Å². The lowest BCUT2D eigenvalue weighted by molar-refractivity contribution is 0.172. The molecule has 4 heteroatoms. The summed E-state index contributed by atoms with van der Waals surface area (Å²) >= 11 is 11.9. The Bertz CT molecular complexity index is 308. The molecular formula is C11H15Cl2NO. The minimum Gasteiger partial charge on any atom is -0.387 e. The molecule has 0 saturated heterocycles. The number of aliphatic hydroxyl groups excluding tert-OH is 1. The zero-order valence-corrected chi connectivity index (χ0v) is 10.3. The molecule has 0 amide bonds. The summed E-state index contributed by atoms with van der Waals surface area (Å²) in [6.07, 6.45) is -0.673. The molecular weight excluding hydrogens is 233 g/mol. The zero-order chi connectivity index (χ0) is 11.4. The van der Waals surface area contributed by atoms with Gasteiger partial charge in [-0.3, -0.25) is 0 Å². The Morgan fingerprint density at radius 1 is 1.27 bits per heavy atom. The number of aliphatic hydroxyl groups is 1. The van der Waals surface area contributed by atoms with Crippen LogP contribution in [0.5, 0.6) is 0 Å². The molecule has 0 spiro atoms. The van der Waals surface area contributed by atoms with Crippen molar-refractivity contribution in [1.29, 1.82) is 0 Å². The van der Waals surface area contributed by atoms with Crippen molar-refractivity contribution in [1.82, 2.24) is 5.32 Å². The third-order valence-corrected chi connectivity index (χ3v) is 2.71. The number of benzene rings is 1. The zero-order valence-electron chi connectivity index (χ0n) is 8.80. The predicted octanol–water partition coefficient (Wildman–Crippen LogP) is 3.02. The molecule has 84 valence electrons. The predicted molar refractivity (Wildman–Crippen MR) is 64.6 cm³/mol. The molecule has 0 radical (unpaired) electrons. The molecule has 1 aromatic rings. The second-order valence-electron chi connectivity index (χ2n) is 3.71. The normalized spacial score (nSPS) is 13.2. The molecule has 0 aliphatic heterocycles. The van der Waals surface area contributed by atoms with E-state index in [1.807, 2.05) is 13.8 Å². The Balaban J connectivity index is 2.77. The summed E-state index contributed by atoms with van der Waals surface area (Å²) in [6.45, 7) is 4.48. The quantitative estimate of drug-likeness (QED) is 0.858. The van der Waals surface area contributed by atoms with Gasteiger partial charge in [-0.15, -0.1) is 0 Å². The lowest BCUT2D eigenvalue weighted by Gasteiger charge is -2.16. The lowest BCUT2D eigenvalue weighted by atomic mass is 10.1. The highest BCUT2D eigenvalue weighted by Crippen LogP contribution is 2.29. The van der Waals surface area contributed by atoms with Crippen LogP contribution in [0.4, 0.5) is 0 Å². The van der Waals surface area contributed by atoms with E-state index >= 15 is 0 Å². The summed E-state index contributed by atoms with van der Waals surface area (Å²) in [5.74, 6) is 0. The van der Waals surface area contributed by atoms with Crippen LogP contribution in [0, 0.1) is 0 Å². The molecule has 0 aliphatic rings. The summed E-state index contributed by atoms with van der Waals surface area (Å²) in [5, 5.41) is 14.0. The van der Waals surface area contributed by atoms with E-state index in [2.05, 4.69) is 5.32 Å². The van der Waals surface area contributed by atoms with Crippen LogP contribution in [0.1, 0.15) is 25.5 Å². The fourth-order valence-corrected chi connectivity index (χ4v) is 1.93. The van der Waals surface area contributed by atoms with E-state index in [1.54, 1.807) is 18.2 Å². The largest absolute Gasteiger partial charge is 0.387 e. The molecule has 1 aromatic carbocycles. The highest BCUT2D eigenvalue weighted by atomic mass is 35.5. The van der Waals surface area contributed by atoms with Crippen molar-refractivity contribution in [3.8, 4) is 0 Å². The van der Waals surface area contributed by atoms with E-state index in [0.717, 1.165) is 0 Å². The van der Waals surface area contributed by atoms with Crippen molar-refractivity contribution >= 4 is 23.2 Å². The van der Waals surface area contributed by atoms with Crippen LogP contribution in [0.3, 0.4) is 0 Å². The lowest BCUT2D eigenvalue weighted by Crippen LogP contribution is -2.28. The first-order valence-electron chi connectivity index (χ1n) is 4.87. The van der Waals surface area contributed by atoms with Gasteiger partial charge in [-0.1, -0.05) is 43.1 Å². The summed E-state index contributed by atoms with van der Waals surface area (Å²) < 4.78 is 0. The van der Waals surface area contributed by atoms with Crippen LogP contribution in [0.25, 0.3) is 0 Å². The first-order chi connectivity index (χ1) is 7.02. The first-order valence-corrected chi connectivity index (χ1v) is 5.63. The molecule has 1 atom stereocenters. The van der Waals surface area contributed by atoms with Crippen LogP contribution in [-0.4, -0.2) is 17.7 Å². The maximum Gasteiger partial charge on any atom is 0.0943 e. The van der Waals surface area contributed by atoms with Gasteiger partial charge in [0.15, 0.2) is 0 Å². The monoisotopic (exact) mass is 247 g/mol. The van der Waals surface area contributed by atoms with Gasteiger partial charge in [0.05, 0.1) is 6.10 Å². The van der Waals surface area contributed by atoms with Crippen molar-refractivity contribution in [2.75, 3.05) is 6.54 Å². The first kappa shape index (κ1) is 12.8. The summed E-state index contributed by atoms with van der Waals surface area (Å²) in [4.78, 5) is 0. The van der Waals surface area contributed by atoms with Gasteiger partial charge in [0.25, 0.3) is 0 Å². The highest BCUT2D eigenvalue weighted by molar-refractivity contribution is 6.36. The van der Waals surface area contributed by atoms with E-state index in [1.165, 1.54) is 0 Å². The molecule has 2 N–H and O–H groups in total. The number of hydrogen-bond acceptors (Lipinski definition) is 2. The van der Waals surface area contributed by atoms with E-state index < -0.39 is 6.10 Å². The Labute approximate surface area is 100 Å². The number of rotatable bonds is 4. The van der Waals surface area contributed by atoms with Crippen molar-refractivity contribution in [3.05, 3.63) is 33.8 Å². The molecule has 0 bridgehead atoms. The van der Waals surface area contributed by atoms with Crippen LogP contribution < -0.4 is 5.32 Å². The second kappa shape index (κ2) is 5.71. The Kier molecular flexibility index (Phi) is 4.87. The molecule has 2 nitrogen and oxygen atoms in total. The Hall–Kier alpha value is -0.280. The molecule has 0 fully saturated rings. The van der Waals surface area contributed by atoms with Gasteiger partial charge in [-0.25, -0.2) is 0 Å². The standard InChI is InChI=1S/C11H15Cl2NO/c1-7(2)14-6-10(15)11-8(12)4-3-5-9(11)13/h3-5,7,10,14-15H,6H2,1-2H3. The summed E-state index contributed by atoms with van der Waals surface area (Å²) in [6, 6.07) is 5.53. The van der Waals surface area contributed by atoms with Crippen LogP contribution in [0.2, 0.25) is 10.0 Å².